The molecule has 3 N–H and O–H groups in total. The summed E-state index contributed by atoms with van der Waals surface area (Å²) in [5.41, 5.74) is 3.05. The second-order valence-corrected chi connectivity index (χ2v) is 8.55. The van der Waals surface area contributed by atoms with Crippen molar-refractivity contribution in [3.63, 3.8) is 0 Å². The average Bonchev–Trinajstić information content (AvgIpc) is 3.13. The van der Waals surface area contributed by atoms with Crippen LogP contribution in [0.2, 0.25) is 0 Å². The molecule has 0 saturated heterocycles. The van der Waals surface area contributed by atoms with Gasteiger partial charge in [-0.2, -0.15) is 0 Å². The van der Waals surface area contributed by atoms with Crippen molar-refractivity contribution in [1.82, 2.24) is 24.8 Å². The molecule has 0 radical (unpaired) electrons. The minimum Gasteiger partial charge on any atom is -0.494 e. The molecule has 0 saturated carbocycles. The molecule has 174 valence electrons. The van der Waals surface area contributed by atoms with Crippen LogP contribution in [0, 0.1) is 0 Å². The second-order valence-electron chi connectivity index (χ2n) is 8.55. The first-order valence-corrected chi connectivity index (χ1v) is 11.4. The highest BCUT2D eigenvalue weighted by Gasteiger charge is 2.16. The smallest absolute Gasteiger partial charge is 0.222 e. The summed E-state index contributed by atoms with van der Waals surface area (Å²) >= 11 is 0. The monoisotopic (exact) mass is 449 g/mol. The number of benzene rings is 1. The molecule has 9 nitrogen and oxygen atoms in total. The number of anilines is 1. The molecule has 9 heteroatoms. The Labute approximate surface area is 193 Å². The lowest BCUT2D eigenvalue weighted by molar-refractivity contribution is -0.130. The second kappa shape index (κ2) is 10.4. The summed E-state index contributed by atoms with van der Waals surface area (Å²) in [6.07, 6.45) is 6.32. The predicted molar refractivity (Wildman–Crippen MR) is 130 cm³/mol. The Hall–Kier alpha value is -3.46. The average molecular weight is 450 g/mol. The Balaban J connectivity index is 1.64. The number of hydrogen-bond acceptors (Lipinski definition) is 7. The van der Waals surface area contributed by atoms with Crippen molar-refractivity contribution in [1.29, 1.82) is 0 Å². The van der Waals surface area contributed by atoms with Gasteiger partial charge < -0.3 is 25.2 Å². The molecule has 0 fully saturated rings. The van der Waals surface area contributed by atoms with Crippen LogP contribution in [0.3, 0.4) is 0 Å². The minimum absolute atomic E-state index is 0.000611. The van der Waals surface area contributed by atoms with Gasteiger partial charge in [-0.05, 0) is 50.6 Å². The highest BCUT2D eigenvalue weighted by atomic mass is 16.3. The van der Waals surface area contributed by atoms with E-state index < -0.39 is 0 Å². The minimum atomic E-state index is 0.000611. The molecular formula is C24H31N7O2. The van der Waals surface area contributed by atoms with Crippen molar-refractivity contribution in [3.8, 4) is 5.88 Å². The summed E-state index contributed by atoms with van der Waals surface area (Å²) in [5, 5.41) is 14.5. The maximum Gasteiger partial charge on any atom is 0.222 e. The van der Waals surface area contributed by atoms with Gasteiger partial charge in [0.15, 0.2) is 5.88 Å². The number of aromatic hydroxyl groups is 1. The fourth-order valence-electron chi connectivity index (χ4n) is 4.05. The van der Waals surface area contributed by atoms with E-state index in [1.54, 1.807) is 11.1 Å². The Morgan fingerprint density at radius 3 is 2.85 bits per heavy atom. The predicted octanol–water partition coefficient (Wildman–Crippen LogP) is 3.29. The van der Waals surface area contributed by atoms with E-state index in [9.17, 15) is 9.90 Å². The SMILES string of the molecule is CN1CCCCC(=O)N(C)CCCNc2ncnc3[nH]c(O)c(c23)C=Nc2cccc(c2)C1. The van der Waals surface area contributed by atoms with E-state index in [2.05, 4.69) is 43.3 Å². The van der Waals surface area contributed by atoms with Crippen molar-refractivity contribution in [2.24, 2.45) is 4.99 Å². The fourth-order valence-corrected chi connectivity index (χ4v) is 4.05. The molecule has 1 aromatic carbocycles. The number of H-pyrrole nitrogens is 1. The van der Waals surface area contributed by atoms with Gasteiger partial charge in [-0.15, -0.1) is 0 Å². The van der Waals surface area contributed by atoms with Crippen LogP contribution >= 0.6 is 0 Å². The largest absolute Gasteiger partial charge is 0.494 e. The quantitative estimate of drug-likeness (QED) is 0.486. The van der Waals surface area contributed by atoms with Crippen molar-refractivity contribution in [2.75, 3.05) is 39.0 Å². The molecule has 2 aromatic heterocycles. The molecule has 33 heavy (non-hydrogen) atoms. The number of carbonyl (C=O) groups is 1. The summed E-state index contributed by atoms with van der Waals surface area (Å²) in [7, 11) is 3.95. The van der Waals surface area contributed by atoms with Crippen molar-refractivity contribution < 1.29 is 9.90 Å². The molecule has 0 spiro atoms. The summed E-state index contributed by atoms with van der Waals surface area (Å²) < 4.78 is 0. The van der Waals surface area contributed by atoms with Gasteiger partial charge in [-0.3, -0.25) is 9.79 Å². The molecule has 1 amide bonds. The van der Waals surface area contributed by atoms with Crippen LogP contribution in [-0.4, -0.2) is 75.7 Å². The van der Waals surface area contributed by atoms with Gasteiger partial charge in [-0.1, -0.05) is 12.1 Å². The van der Waals surface area contributed by atoms with E-state index in [-0.39, 0.29) is 11.8 Å². The van der Waals surface area contributed by atoms with Crippen LogP contribution in [0.4, 0.5) is 11.5 Å². The molecule has 3 aromatic rings. The third kappa shape index (κ3) is 5.67. The number of fused-ring (bicyclic) bond motifs is 2. The first kappa shape index (κ1) is 22.7. The molecule has 0 unspecified atom stereocenters. The first-order chi connectivity index (χ1) is 16.0. The number of nitrogens with zero attached hydrogens (tertiary/aromatic N) is 5. The summed E-state index contributed by atoms with van der Waals surface area (Å²) in [6, 6.07) is 8.06. The van der Waals surface area contributed by atoms with Gasteiger partial charge in [0.2, 0.25) is 5.91 Å². The first-order valence-electron chi connectivity index (χ1n) is 11.4. The fraction of sp³-hybridized carbons (Fsp3) is 0.417. The highest BCUT2D eigenvalue weighted by molar-refractivity contribution is 6.06. The normalized spacial score (nSPS) is 17.2. The molecule has 1 aliphatic heterocycles. The van der Waals surface area contributed by atoms with Crippen molar-refractivity contribution in [3.05, 3.63) is 41.7 Å². The molecule has 0 aliphatic carbocycles. The van der Waals surface area contributed by atoms with Crippen LogP contribution in [0.25, 0.3) is 11.0 Å². The lowest BCUT2D eigenvalue weighted by atomic mass is 10.1. The van der Waals surface area contributed by atoms with Gasteiger partial charge in [-0.25, -0.2) is 9.97 Å². The summed E-state index contributed by atoms with van der Waals surface area (Å²) in [6.45, 7) is 3.04. The standard InChI is InChI=1S/C24H31N7O2/c1-30-11-4-3-9-20(32)31(2)12-6-10-25-22-21-19(24(33)29-23(21)28-16-27-22)14-26-18-8-5-7-17(13-18)15-30/h5,7-8,13-14,16,33H,3-4,6,9-12,15H2,1-2H3,(H2,25,27,28,29). The van der Waals surface area contributed by atoms with Crippen LogP contribution in [0.5, 0.6) is 5.88 Å². The Morgan fingerprint density at radius 1 is 1.09 bits per heavy atom. The zero-order valence-electron chi connectivity index (χ0n) is 19.2. The Kier molecular flexibility index (Phi) is 7.19. The van der Waals surface area contributed by atoms with Crippen molar-refractivity contribution in [2.45, 2.75) is 32.2 Å². The number of carbonyl (C=O) groups excluding carboxylic acids is 1. The third-order valence-electron chi connectivity index (χ3n) is 5.88. The maximum atomic E-state index is 12.4. The number of aromatic nitrogens is 3. The van der Waals surface area contributed by atoms with Crippen LogP contribution in [-0.2, 0) is 11.3 Å². The van der Waals surface area contributed by atoms with Gasteiger partial charge >= 0.3 is 0 Å². The highest BCUT2D eigenvalue weighted by Crippen LogP contribution is 2.29. The van der Waals surface area contributed by atoms with E-state index >= 15 is 0 Å². The van der Waals surface area contributed by atoms with Gasteiger partial charge in [0.1, 0.15) is 17.8 Å². The van der Waals surface area contributed by atoms with E-state index in [1.807, 2.05) is 25.2 Å². The van der Waals surface area contributed by atoms with Crippen LogP contribution in [0.15, 0.2) is 35.6 Å². The lowest BCUT2D eigenvalue weighted by Crippen LogP contribution is -2.29. The third-order valence-corrected chi connectivity index (χ3v) is 5.88. The Morgan fingerprint density at radius 2 is 1.97 bits per heavy atom. The molecule has 2 bridgehead atoms. The van der Waals surface area contributed by atoms with E-state index in [0.717, 1.165) is 43.6 Å². The lowest BCUT2D eigenvalue weighted by Gasteiger charge is -2.19. The number of nitrogens with one attached hydrogen (secondary N) is 2. The maximum absolute atomic E-state index is 12.4. The molecule has 3 heterocycles. The molecule has 1 aliphatic rings. The number of amides is 1. The zero-order chi connectivity index (χ0) is 23.2. The van der Waals surface area contributed by atoms with Gasteiger partial charge in [0.25, 0.3) is 0 Å². The van der Waals surface area contributed by atoms with E-state index in [4.69, 9.17) is 0 Å². The summed E-state index contributed by atoms with van der Waals surface area (Å²) in [5.74, 6) is 0.802. The van der Waals surface area contributed by atoms with Gasteiger partial charge in [0.05, 0.1) is 16.6 Å². The van der Waals surface area contributed by atoms with E-state index in [1.165, 1.54) is 6.33 Å². The number of aliphatic imine (C=N–C) groups is 1. The number of hydrogen-bond donors (Lipinski definition) is 3. The molecule has 0 atom stereocenters. The molecule has 4 rings (SSSR count). The van der Waals surface area contributed by atoms with Crippen LogP contribution < -0.4 is 5.32 Å². The van der Waals surface area contributed by atoms with Crippen molar-refractivity contribution >= 4 is 34.7 Å². The number of rotatable bonds is 0. The van der Waals surface area contributed by atoms with E-state index in [0.29, 0.717) is 41.9 Å². The number of aromatic amines is 1. The Bertz CT molecular complexity index is 1140. The van der Waals surface area contributed by atoms with Gasteiger partial charge in [0, 0.05) is 39.3 Å². The van der Waals surface area contributed by atoms with Crippen LogP contribution in [0.1, 0.15) is 36.8 Å². The zero-order valence-corrected chi connectivity index (χ0v) is 19.2. The topological polar surface area (TPSA) is 110 Å². The summed E-state index contributed by atoms with van der Waals surface area (Å²) in [4.78, 5) is 32.6. The molecular weight excluding hydrogens is 418 g/mol.